The van der Waals surface area contributed by atoms with E-state index in [2.05, 4.69) is 25.2 Å². The van der Waals surface area contributed by atoms with Crippen molar-refractivity contribution in [3.63, 3.8) is 0 Å². The maximum absolute atomic E-state index is 12.1. The van der Waals surface area contributed by atoms with Gasteiger partial charge in [-0.05, 0) is 18.6 Å². The van der Waals surface area contributed by atoms with Crippen molar-refractivity contribution >= 4 is 32.3 Å². The second-order valence-electron chi connectivity index (χ2n) is 3.59. The van der Waals surface area contributed by atoms with Crippen molar-refractivity contribution in [2.45, 2.75) is 18.2 Å². The van der Waals surface area contributed by atoms with Gasteiger partial charge >= 0.3 is 0 Å². The van der Waals surface area contributed by atoms with Crippen LogP contribution in [0.15, 0.2) is 23.2 Å². The van der Waals surface area contributed by atoms with Crippen LogP contribution in [-0.4, -0.2) is 30.6 Å². The van der Waals surface area contributed by atoms with Gasteiger partial charge in [0.05, 0.1) is 0 Å². The van der Waals surface area contributed by atoms with Gasteiger partial charge in [0, 0.05) is 13.2 Å². The second-order valence-corrected chi connectivity index (χ2v) is 6.33. The summed E-state index contributed by atoms with van der Waals surface area (Å²) in [6.45, 7) is 1.93. The molecule has 0 unspecified atom stereocenters. The van der Waals surface area contributed by atoms with E-state index in [1.54, 1.807) is 13.1 Å². The maximum Gasteiger partial charge on any atom is 0.265 e. The average Bonchev–Trinajstić information content (AvgIpc) is 2.85. The highest BCUT2D eigenvalue weighted by Crippen LogP contribution is 2.20. The zero-order chi connectivity index (χ0) is 13.9. The van der Waals surface area contributed by atoms with Crippen molar-refractivity contribution in [2.24, 2.45) is 0 Å². The molecule has 0 saturated carbocycles. The number of aromatic nitrogens is 3. The van der Waals surface area contributed by atoms with Gasteiger partial charge in [0.25, 0.3) is 10.0 Å². The van der Waals surface area contributed by atoms with Gasteiger partial charge in [0.15, 0.2) is 0 Å². The number of hydrogen-bond donors (Lipinski definition) is 2. The van der Waals surface area contributed by atoms with Crippen LogP contribution in [-0.2, 0) is 16.4 Å². The number of nitrogens with zero attached hydrogens (tertiary/aromatic N) is 3. The molecule has 0 atom stereocenters. The first-order chi connectivity index (χ1) is 9.05. The molecule has 2 rings (SSSR count). The molecule has 0 bridgehead atoms. The van der Waals surface area contributed by atoms with E-state index in [-0.39, 0.29) is 10.0 Å². The van der Waals surface area contributed by atoms with Crippen LogP contribution in [0.25, 0.3) is 0 Å². The summed E-state index contributed by atoms with van der Waals surface area (Å²) in [5, 5.41) is 11.5. The molecule has 2 heterocycles. The van der Waals surface area contributed by atoms with Crippen LogP contribution >= 0.6 is 11.3 Å². The lowest BCUT2D eigenvalue weighted by Crippen LogP contribution is -2.13. The molecular weight excluding hydrogens is 286 g/mol. The predicted octanol–water partition coefficient (Wildman–Crippen LogP) is 1.34. The first-order valence-electron chi connectivity index (χ1n) is 5.54. The smallest absolute Gasteiger partial charge is 0.265 e. The molecule has 0 aliphatic carbocycles. The van der Waals surface area contributed by atoms with Crippen LogP contribution in [0.2, 0.25) is 0 Å². The van der Waals surface area contributed by atoms with Gasteiger partial charge < -0.3 is 5.32 Å². The summed E-state index contributed by atoms with van der Waals surface area (Å²) in [4.78, 5) is 4.05. The molecule has 0 aliphatic rings. The summed E-state index contributed by atoms with van der Waals surface area (Å²) in [5.41, 5.74) is 0. The molecule has 0 fully saturated rings. The Morgan fingerprint density at radius 3 is 2.63 bits per heavy atom. The number of hydrogen-bond acceptors (Lipinski definition) is 7. The lowest BCUT2D eigenvalue weighted by atomic mass is 10.5. The topological polar surface area (TPSA) is 96.9 Å². The van der Waals surface area contributed by atoms with E-state index in [0.717, 1.165) is 11.4 Å². The summed E-state index contributed by atoms with van der Waals surface area (Å²) in [6, 6.07) is 3.06. The van der Waals surface area contributed by atoms with Crippen molar-refractivity contribution in [1.29, 1.82) is 0 Å². The standard InChI is InChI=1S/C10H13N5O2S2/c1-3-9-13-14-10(18-9)15-19(16,17)7-4-5-8(11-2)12-6-7/h4-6H,3H2,1-2H3,(H,11,12)(H,14,15). The third-order valence-electron chi connectivity index (χ3n) is 2.29. The molecule has 7 nitrogen and oxygen atoms in total. The van der Waals surface area contributed by atoms with Gasteiger partial charge in [-0.1, -0.05) is 18.3 Å². The largest absolute Gasteiger partial charge is 0.373 e. The fourth-order valence-corrected chi connectivity index (χ4v) is 3.15. The first kappa shape index (κ1) is 13.7. The highest BCUT2D eigenvalue weighted by Gasteiger charge is 2.17. The van der Waals surface area contributed by atoms with E-state index in [1.165, 1.54) is 23.6 Å². The molecule has 9 heteroatoms. The number of rotatable bonds is 5. The van der Waals surface area contributed by atoms with E-state index in [9.17, 15) is 8.42 Å². The van der Waals surface area contributed by atoms with Gasteiger partial charge in [-0.25, -0.2) is 13.4 Å². The summed E-state index contributed by atoms with van der Waals surface area (Å²) in [6.07, 6.45) is 2.01. The Balaban J connectivity index is 2.21. The fourth-order valence-electron chi connectivity index (χ4n) is 1.30. The quantitative estimate of drug-likeness (QED) is 0.864. The van der Waals surface area contributed by atoms with Gasteiger partial charge in [-0.2, -0.15) is 0 Å². The second kappa shape index (κ2) is 5.49. The van der Waals surface area contributed by atoms with Crippen molar-refractivity contribution in [2.75, 3.05) is 17.1 Å². The number of anilines is 2. The lowest BCUT2D eigenvalue weighted by molar-refractivity contribution is 0.600. The van der Waals surface area contributed by atoms with Gasteiger partial charge in [0.1, 0.15) is 15.7 Å². The van der Waals surface area contributed by atoms with Crippen molar-refractivity contribution in [3.8, 4) is 0 Å². The summed E-state index contributed by atoms with van der Waals surface area (Å²) in [5.74, 6) is 0.600. The Kier molecular flexibility index (Phi) is 3.96. The molecule has 0 amide bonds. The minimum absolute atomic E-state index is 0.0831. The number of pyridine rings is 1. The van der Waals surface area contributed by atoms with Crippen LogP contribution in [0.1, 0.15) is 11.9 Å². The van der Waals surface area contributed by atoms with Crippen molar-refractivity contribution in [1.82, 2.24) is 15.2 Å². The summed E-state index contributed by atoms with van der Waals surface area (Å²) in [7, 11) is -1.95. The Morgan fingerprint density at radius 1 is 1.32 bits per heavy atom. The zero-order valence-electron chi connectivity index (χ0n) is 10.4. The van der Waals surface area contributed by atoms with Crippen LogP contribution in [0.5, 0.6) is 0 Å². The third-order valence-corrected chi connectivity index (χ3v) is 4.73. The summed E-state index contributed by atoms with van der Waals surface area (Å²) >= 11 is 1.22. The SMILES string of the molecule is CCc1nnc(NS(=O)(=O)c2ccc(NC)nc2)s1. The Hall–Kier alpha value is -1.74. The predicted molar refractivity (Wildman–Crippen MR) is 73.9 cm³/mol. The highest BCUT2D eigenvalue weighted by atomic mass is 32.2. The van der Waals surface area contributed by atoms with E-state index < -0.39 is 10.0 Å². The van der Waals surface area contributed by atoms with Crippen molar-refractivity contribution < 1.29 is 8.42 Å². The Bertz CT molecular complexity index is 651. The average molecular weight is 299 g/mol. The van der Waals surface area contributed by atoms with Crippen LogP contribution < -0.4 is 10.0 Å². The monoisotopic (exact) mass is 299 g/mol. The summed E-state index contributed by atoms with van der Waals surface area (Å²) < 4.78 is 26.5. The molecule has 0 radical (unpaired) electrons. The molecule has 2 aromatic rings. The molecule has 2 N–H and O–H groups in total. The molecule has 2 aromatic heterocycles. The van der Waals surface area contributed by atoms with Crippen LogP contribution in [0.3, 0.4) is 0 Å². The van der Waals surface area contributed by atoms with E-state index in [4.69, 9.17) is 0 Å². The molecule has 102 valence electrons. The van der Waals surface area contributed by atoms with E-state index in [0.29, 0.717) is 5.82 Å². The first-order valence-corrected chi connectivity index (χ1v) is 7.84. The van der Waals surface area contributed by atoms with Crippen LogP contribution in [0.4, 0.5) is 10.9 Å². The molecule has 19 heavy (non-hydrogen) atoms. The number of aryl methyl sites for hydroxylation is 1. The highest BCUT2D eigenvalue weighted by molar-refractivity contribution is 7.93. The molecule has 0 saturated heterocycles. The van der Waals surface area contributed by atoms with Gasteiger partial charge in [0.2, 0.25) is 5.13 Å². The third kappa shape index (κ3) is 3.18. The molecular formula is C10H13N5O2S2. The number of nitrogens with one attached hydrogen (secondary N) is 2. The Morgan fingerprint density at radius 2 is 2.11 bits per heavy atom. The van der Waals surface area contributed by atoms with E-state index >= 15 is 0 Å². The minimum atomic E-state index is -3.67. The normalized spacial score (nSPS) is 11.3. The van der Waals surface area contributed by atoms with Gasteiger partial charge in [-0.3, -0.25) is 4.72 Å². The lowest BCUT2D eigenvalue weighted by Gasteiger charge is -2.05. The fraction of sp³-hybridized carbons (Fsp3) is 0.300. The Labute approximate surface area is 115 Å². The van der Waals surface area contributed by atoms with Gasteiger partial charge in [-0.15, -0.1) is 10.2 Å². The number of sulfonamides is 1. The molecule has 0 spiro atoms. The molecule has 0 aliphatic heterocycles. The van der Waals surface area contributed by atoms with E-state index in [1.807, 2.05) is 6.92 Å². The molecule has 0 aromatic carbocycles. The zero-order valence-corrected chi connectivity index (χ0v) is 12.0. The maximum atomic E-state index is 12.1. The van der Waals surface area contributed by atoms with Crippen molar-refractivity contribution in [3.05, 3.63) is 23.3 Å². The minimum Gasteiger partial charge on any atom is -0.373 e. The van der Waals surface area contributed by atoms with Crippen LogP contribution in [0, 0.1) is 0 Å².